The molecule has 0 aliphatic carbocycles. The molecule has 1 aromatic carbocycles. The molecule has 0 atom stereocenters. The number of nitrogens with zero attached hydrogens (tertiary/aromatic N) is 1. The van der Waals surface area contributed by atoms with Crippen LogP contribution in [0, 0.1) is 0 Å². The van der Waals surface area contributed by atoms with Crippen molar-refractivity contribution < 1.29 is 0 Å². The van der Waals surface area contributed by atoms with E-state index in [1.165, 1.54) is 32.5 Å². The molecule has 0 radical (unpaired) electrons. The molecule has 0 saturated carbocycles. The molecule has 1 aromatic heterocycles. The Labute approximate surface area is 132 Å². The number of hydrogen-bond acceptors (Lipinski definition) is 3. The molecule has 2 aromatic rings. The van der Waals surface area contributed by atoms with Crippen LogP contribution in [-0.2, 0) is 13.1 Å². The van der Waals surface area contributed by atoms with Crippen LogP contribution in [0.1, 0.15) is 30.7 Å². The zero-order chi connectivity index (χ0) is 15.2. The molecule has 0 bridgehead atoms. The fraction of sp³-hybridized carbons (Fsp3) is 0.444. The molecule has 0 saturated heterocycles. The first-order chi connectivity index (χ1) is 10.1. The van der Waals surface area contributed by atoms with Gasteiger partial charge in [0.1, 0.15) is 0 Å². The highest BCUT2D eigenvalue weighted by molar-refractivity contribution is 7.19. The van der Waals surface area contributed by atoms with E-state index in [0.717, 1.165) is 26.2 Å². The number of rotatable bonds is 8. The van der Waals surface area contributed by atoms with E-state index >= 15 is 0 Å². The van der Waals surface area contributed by atoms with Crippen LogP contribution in [0.25, 0.3) is 10.1 Å². The van der Waals surface area contributed by atoms with Crippen molar-refractivity contribution in [3.8, 4) is 0 Å². The minimum Gasteiger partial charge on any atom is -0.312 e. The Hall–Kier alpha value is -1.16. The SMILES string of the molecule is C=C(C)CN(C)Cc1c(CNCCC)sc2ccccc12. The van der Waals surface area contributed by atoms with Crippen LogP contribution in [0.3, 0.4) is 0 Å². The summed E-state index contributed by atoms with van der Waals surface area (Å²) in [5, 5.41) is 4.95. The Balaban J connectivity index is 2.24. The quantitative estimate of drug-likeness (QED) is 0.574. The summed E-state index contributed by atoms with van der Waals surface area (Å²) in [6.45, 7) is 12.3. The average molecular weight is 302 g/mol. The fourth-order valence-electron chi connectivity index (χ4n) is 2.63. The number of thiophene rings is 1. The molecule has 0 fully saturated rings. The zero-order valence-corrected chi connectivity index (χ0v) is 14.2. The van der Waals surface area contributed by atoms with Crippen LogP contribution < -0.4 is 5.32 Å². The molecule has 1 N–H and O–H groups in total. The van der Waals surface area contributed by atoms with E-state index in [-0.39, 0.29) is 0 Å². The van der Waals surface area contributed by atoms with Crippen LogP contribution in [0.2, 0.25) is 0 Å². The third-order valence-electron chi connectivity index (χ3n) is 3.46. The van der Waals surface area contributed by atoms with E-state index in [2.05, 4.69) is 62.0 Å². The lowest BCUT2D eigenvalue weighted by Gasteiger charge is -2.17. The summed E-state index contributed by atoms with van der Waals surface area (Å²) in [7, 11) is 2.17. The van der Waals surface area contributed by atoms with Crippen molar-refractivity contribution in [1.29, 1.82) is 0 Å². The minimum absolute atomic E-state index is 0.950. The second-order valence-corrected chi connectivity index (χ2v) is 6.94. The van der Waals surface area contributed by atoms with Crippen molar-refractivity contribution in [3.63, 3.8) is 0 Å². The Morgan fingerprint density at radius 1 is 1.33 bits per heavy atom. The van der Waals surface area contributed by atoms with Gasteiger partial charge in [0, 0.05) is 29.2 Å². The van der Waals surface area contributed by atoms with Gasteiger partial charge >= 0.3 is 0 Å². The van der Waals surface area contributed by atoms with Gasteiger partial charge in [-0.2, -0.15) is 0 Å². The standard InChI is InChI=1S/C18H26N2S/c1-5-10-19-11-18-16(13-20(4)12-14(2)3)15-8-6-7-9-17(15)21-18/h6-9,19H,2,5,10-13H2,1,3-4H3. The monoisotopic (exact) mass is 302 g/mol. The maximum atomic E-state index is 4.02. The molecular formula is C18H26N2S. The van der Waals surface area contributed by atoms with Gasteiger partial charge in [-0.15, -0.1) is 11.3 Å². The summed E-state index contributed by atoms with van der Waals surface area (Å²) < 4.78 is 1.39. The summed E-state index contributed by atoms with van der Waals surface area (Å²) in [6, 6.07) is 8.74. The Morgan fingerprint density at radius 3 is 2.81 bits per heavy atom. The summed E-state index contributed by atoms with van der Waals surface area (Å²) in [5.74, 6) is 0. The first-order valence-corrected chi connectivity index (χ1v) is 8.46. The van der Waals surface area contributed by atoms with Gasteiger partial charge in [0.15, 0.2) is 0 Å². The summed E-state index contributed by atoms with van der Waals surface area (Å²) in [5.41, 5.74) is 2.69. The molecule has 0 spiro atoms. The number of likely N-dealkylation sites (N-methyl/N-ethyl adjacent to an activating group) is 1. The first-order valence-electron chi connectivity index (χ1n) is 7.64. The smallest absolute Gasteiger partial charge is 0.0349 e. The zero-order valence-electron chi connectivity index (χ0n) is 13.4. The molecule has 2 nitrogen and oxygen atoms in total. The van der Waals surface area contributed by atoms with Gasteiger partial charge in [-0.05, 0) is 44.0 Å². The predicted octanol–water partition coefficient (Wildman–Crippen LogP) is 4.41. The first kappa shape index (κ1) is 16.2. The van der Waals surface area contributed by atoms with Crippen molar-refractivity contribution in [1.82, 2.24) is 10.2 Å². The van der Waals surface area contributed by atoms with E-state index in [1.54, 1.807) is 0 Å². The molecule has 0 aliphatic heterocycles. The lowest BCUT2D eigenvalue weighted by atomic mass is 10.1. The van der Waals surface area contributed by atoms with Gasteiger partial charge in [0.25, 0.3) is 0 Å². The second-order valence-electron chi connectivity index (χ2n) is 5.81. The van der Waals surface area contributed by atoms with Gasteiger partial charge in [0.2, 0.25) is 0 Å². The molecule has 0 unspecified atom stereocenters. The maximum Gasteiger partial charge on any atom is 0.0349 e. The molecule has 0 amide bonds. The lowest BCUT2D eigenvalue weighted by Crippen LogP contribution is -2.21. The molecule has 1 heterocycles. The van der Waals surface area contributed by atoms with Crippen LogP contribution in [-0.4, -0.2) is 25.0 Å². The topological polar surface area (TPSA) is 15.3 Å². The summed E-state index contributed by atoms with van der Waals surface area (Å²) >= 11 is 1.92. The highest BCUT2D eigenvalue weighted by atomic mass is 32.1. The largest absolute Gasteiger partial charge is 0.312 e. The van der Waals surface area contributed by atoms with E-state index in [4.69, 9.17) is 0 Å². The van der Waals surface area contributed by atoms with Crippen LogP contribution in [0.4, 0.5) is 0 Å². The molecule has 3 heteroatoms. The number of fused-ring (bicyclic) bond motifs is 1. The van der Waals surface area contributed by atoms with Crippen molar-refractivity contribution in [3.05, 3.63) is 46.9 Å². The van der Waals surface area contributed by atoms with Crippen molar-refractivity contribution in [2.45, 2.75) is 33.4 Å². The normalized spacial score (nSPS) is 11.4. The van der Waals surface area contributed by atoms with Crippen molar-refractivity contribution in [2.75, 3.05) is 20.1 Å². The van der Waals surface area contributed by atoms with Crippen LogP contribution >= 0.6 is 11.3 Å². The number of hydrogen-bond donors (Lipinski definition) is 1. The maximum absolute atomic E-state index is 4.02. The number of nitrogens with one attached hydrogen (secondary N) is 1. The van der Waals surface area contributed by atoms with Crippen molar-refractivity contribution >= 4 is 21.4 Å². The molecule has 2 rings (SSSR count). The van der Waals surface area contributed by atoms with Gasteiger partial charge in [-0.1, -0.05) is 37.3 Å². The number of benzene rings is 1. The van der Waals surface area contributed by atoms with Gasteiger partial charge in [-0.25, -0.2) is 0 Å². The second kappa shape index (κ2) is 7.74. The lowest BCUT2D eigenvalue weighted by molar-refractivity contribution is 0.356. The van der Waals surface area contributed by atoms with Crippen molar-refractivity contribution in [2.24, 2.45) is 0 Å². The highest BCUT2D eigenvalue weighted by Gasteiger charge is 2.13. The summed E-state index contributed by atoms with van der Waals surface area (Å²) in [6.07, 6.45) is 1.18. The Morgan fingerprint density at radius 2 is 2.10 bits per heavy atom. The minimum atomic E-state index is 0.950. The third kappa shape index (κ3) is 4.40. The molecule has 114 valence electrons. The van der Waals surface area contributed by atoms with Crippen LogP contribution in [0.15, 0.2) is 36.4 Å². The molecular weight excluding hydrogens is 276 g/mol. The van der Waals surface area contributed by atoms with Gasteiger partial charge < -0.3 is 5.32 Å². The van der Waals surface area contributed by atoms with Gasteiger partial charge in [-0.3, -0.25) is 4.90 Å². The van der Waals surface area contributed by atoms with E-state index in [1.807, 2.05) is 11.3 Å². The fourth-order valence-corrected chi connectivity index (χ4v) is 3.82. The van der Waals surface area contributed by atoms with E-state index in [0.29, 0.717) is 0 Å². The third-order valence-corrected chi connectivity index (χ3v) is 4.68. The Kier molecular flexibility index (Phi) is 5.97. The predicted molar refractivity (Wildman–Crippen MR) is 95.0 cm³/mol. The Bertz CT molecular complexity index is 600. The average Bonchev–Trinajstić information content (AvgIpc) is 2.77. The summed E-state index contributed by atoms with van der Waals surface area (Å²) in [4.78, 5) is 3.82. The van der Waals surface area contributed by atoms with E-state index in [9.17, 15) is 0 Å². The molecule has 21 heavy (non-hydrogen) atoms. The van der Waals surface area contributed by atoms with E-state index < -0.39 is 0 Å². The van der Waals surface area contributed by atoms with Crippen LogP contribution in [0.5, 0.6) is 0 Å². The highest BCUT2D eigenvalue weighted by Crippen LogP contribution is 2.32. The molecule has 0 aliphatic rings. The van der Waals surface area contributed by atoms with Gasteiger partial charge in [0.05, 0.1) is 0 Å².